The molecule has 1 unspecified atom stereocenters. The van der Waals surface area contributed by atoms with Crippen molar-refractivity contribution in [1.29, 1.82) is 0 Å². The number of hydrogen-bond acceptors (Lipinski definition) is 0. The van der Waals surface area contributed by atoms with Crippen LogP contribution in [0.1, 0.15) is 17.9 Å². The Morgan fingerprint density at radius 1 is 1.27 bits per heavy atom. The molecule has 0 bridgehead atoms. The summed E-state index contributed by atoms with van der Waals surface area (Å²) in [6, 6.07) is 8.02. The monoisotopic (exact) mass is 164 g/mol. The number of benzene rings is 1. The van der Waals surface area contributed by atoms with E-state index in [1.807, 2.05) is 12.1 Å². The highest BCUT2D eigenvalue weighted by Gasteiger charge is 2.28. The molecule has 0 aromatic heterocycles. The average Bonchev–Trinajstić information content (AvgIpc) is 2.69. The van der Waals surface area contributed by atoms with Gasteiger partial charge in [0.25, 0.3) is 0 Å². The summed E-state index contributed by atoms with van der Waals surface area (Å²) in [4.78, 5) is 0. The summed E-state index contributed by atoms with van der Waals surface area (Å²) < 4.78 is 0. The van der Waals surface area contributed by atoms with Crippen LogP contribution in [0.25, 0.3) is 0 Å². The number of halogens is 1. The standard InChI is InChI=1S/C10H9Cl/c1-7-6-10(7)8-2-4-9(11)5-3-8/h2-5,10H,1,6H2. The van der Waals surface area contributed by atoms with Crippen LogP contribution in [0.5, 0.6) is 0 Å². The summed E-state index contributed by atoms with van der Waals surface area (Å²) in [7, 11) is 0. The summed E-state index contributed by atoms with van der Waals surface area (Å²) in [5.74, 6) is 0.618. The average molecular weight is 165 g/mol. The fourth-order valence-corrected chi connectivity index (χ4v) is 1.38. The fraction of sp³-hybridized carbons (Fsp3) is 0.200. The maximum absolute atomic E-state index is 5.75. The van der Waals surface area contributed by atoms with E-state index in [0.29, 0.717) is 5.92 Å². The largest absolute Gasteiger partial charge is 0.0992 e. The van der Waals surface area contributed by atoms with Gasteiger partial charge in [-0.1, -0.05) is 35.9 Å². The van der Waals surface area contributed by atoms with Gasteiger partial charge in [-0.05, 0) is 24.1 Å². The second-order valence-corrected chi connectivity index (χ2v) is 3.40. The Kier molecular flexibility index (Phi) is 1.50. The van der Waals surface area contributed by atoms with Crippen LogP contribution in [0.15, 0.2) is 36.4 Å². The highest BCUT2D eigenvalue weighted by Crippen LogP contribution is 2.45. The predicted molar refractivity (Wildman–Crippen MR) is 48.0 cm³/mol. The third-order valence-electron chi connectivity index (χ3n) is 2.07. The van der Waals surface area contributed by atoms with Gasteiger partial charge in [-0.25, -0.2) is 0 Å². The van der Waals surface area contributed by atoms with E-state index >= 15 is 0 Å². The zero-order valence-electron chi connectivity index (χ0n) is 6.18. The van der Waals surface area contributed by atoms with E-state index in [9.17, 15) is 0 Å². The first-order valence-electron chi connectivity index (χ1n) is 3.70. The van der Waals surface area contributed by atoms with Gasteiger partial charge in [-0.15, -0.1) is 0 Å². The van der Waals surface area contributed by atoms with Gasteiger partial charge < -0.3 is 0 Å². The smallest absolute Gasteiger partial charge is 0.0406 e. The molecule has 1 saturated carbocycles. The van der Waals surface area contributed by atoms with E-state index in [0.717, 1.165) is 11.4 Å². The van der Waals surface area contributed by atoms with Crippen LogP contribution in [0.3, 0.4) is 0 Å². The molecule has 1 aromatic carbocycles. The Labute approximate surface area is 71.5 Å². The summed E-state index contributed by atoms with van der Waals surface area (Å²) in [5.41, 5.74) is 2.69. The van der Waals surface area contributed by atoms with Crippen LogP contribution in [-0.4, -0.2) is 0 Å². The number of hydrogen-bond donors (Lipinski definition) is 0. The lowest BCUT2D eigenvalue weighted by atomic mass is 10.1. The molecule has 1 aromatic rings. The van der Waals surface area contributed by atoms with Crippen molar-refractivity contribution in [2.45, 2.75) is 12.3 Å². The first-order valence-corrected chi connectivity index (χ1v) is 4.08. The lowest BCUT2D eigenvalue weighted by Crippen LogP contribution is -1.76. The van der Waals surface area contributed by atoms with Crippen molar-refractivity contribution in [1.82, 2.24) is 0 Å². The number of allylic oxidation sites excluding steroid dienone is 1. The van der Waals surface area contributed by atoms with Crippen molar-refractivity contribution in [2.75, 3.05) is 0 Å². The van der Waals surface area contributed by atoms with Crippen LogP contribution < -0.4 is 0 Å². The third-order valence-corrected chi connectivity index (χ3v) is 2.32. The first kappa shape index (κ1) is 6.93. The number of rotatable bonds is 1. The SMILES string of the molecule is C=C1CC1c1ccc(Cl)cc1. The Balaban J connectivity index is 2.27. The highest BCUT2D eigenvalue weighted by atomic mass is 35.5. The van der Waals surface area contributed by atoms with Crippen molar-refractivity contribution in [2.24, 2.45) is 0 Å². The van der Waals surface area contributed by atoms with Crippen molar-refractivity contribution in [3.8, 4) is 0 Å². The molecule has 0 nitrogen and oxygen atoms in total. The Hall–Kier alpha value is -0.750. The Bertz CT molecular complexity index is 284. The molecule has 56 valence electrons. The van der Waals surface area contributed by atoms with Crippen molar-refractivity contribution < 1.29 is 0 Å². The molecule has 2 rings (SSSR count). The molecule has 1 aliphatic carbocycles. The molecular weight excluding hydrogens is 156 g/mol. The van der Waals surface area contributed by atoms with Crippen molar-refractivity contribution in [3.63, 3.8) is 0 Å². The molecular formula is C10H9Cl. The predicted octanol–water partition coefficient (Wildman–Crippen LogP) is 3.38. The van der Waals surface area contributed by atoms with Gasteiger partial charge in [0.05, 0.1) is 0 Å². The van der Waals surface area contributed by atoms with Crippen LogP contribution >= 0.6 is 11.6 Å². The normalized spacial score (nSPS) is 21.9. The summed E-state index contributed by atoms with van der Waals surface area (Å²) in [6.07, 6.45) is 1.15. The maximum Gasteiger partial charge on any atom is 0.0406 e. The van der Waals surface area contributed by atoms with Crippen LogP contribution in [0.2, 0.25) is 5.02 Å². The van der Waals surface area contributed by atoms with Crippen molar-refractivity contribution >= 4 is 11.6 Å². The van der Waals surface area contributed by atoms with E-state index in [1.54, 1.807) is 0 Å². The van der Waals surface area contributed by atoms with Gasteiger partial charge >= 0.3 is 0 Å². The second kappa shape index (κ2) is 2.38. The van der Waals surface area contributed by atoms with E-state index in [1.165, 1.54) is 11.1 Å². The molecule has 0 radical (unpaired) electrons. The van der Waals surface area contributed by atoms with Crippen LogP contribution in [-0.2, 0) is 0 Å². The second-order valence-electron chi connectivity index (χ2n) is 2.97. The van der Waals surface area contributed by atoms with E-state index in [-0.39, 0.29) is 0 Å². The maximum atomic E-state index is 5.75. The molecule has 1 fully saturated rings. The molecule has 0 heterocycles. The molecule has 0 aliphatic heterocycles. The first-order chi connectivity index (χ1) is 5.27. The topological polar surface area (TPSA) is 0 Å². The quantitative estimate of drug-likeness (QED) is 0.559. The molecule has 1 heteroatoms. The lowest BCUT2D eigenvalue weighted by Gasteiger charge is -1.95. The van der Waals surface area contributed by atoms with Crippen LogP contribution in [0, 0.1) is 0 Å². The fourth-order valence-electron chi connectivity index (χ4n) is 1.25. The van der Waals surface area contributed by atoms with Gasteiger partial charge in [0.1, 0.15) is 0 Å². The molecule has 1 aliphatic rings. The van der Waals surface area contributed by atoms with Gasteiger partial charge in [0, 0.05) is 10.9 Å². The zero-order chi connectivity index (χ0) is 7.84. The Morgan fingerprint density at radius 2 is 1.82 bits per heavy atom. The van der Waals surface area contributed by atoms with E-state index < -0.39 is 0 Å². The van der Waals surface area contributed by atoms with E-state index in [4.69, 9.17) is 11.6 Å². The minimum absolute atomic E-state index is 0.618. The highest BCUT2D eigenvalue weighted by molar-refractivity contribution is 6.30. The van der Waals surface area contributed by atoms with Crippen LogP contribution in [0.4, 0.5) is 0 Å². The van der Waals surface area contributed by atoms with Gasteiger partial charge in [-0.2, -0.15) is 0 Å². The third kappa shape index (κ3) is 1.31. The van der Waals surface area contributed by atoms with Gasteiger partial charge in [-0.3, -0.25) is 0 Å². The van der Waals surface area contributed by atoms with E-state index in [2.05, 4.69) is 18.7 Å². The summed E-state index contributed by atoms with van der Waals surface area (Å²) >= 11 is 5.75. The molecule has 0 amide bonds. The molecule has 1 atom stereocenters. The summed E-state index contributed by atoms with van der Waals surface area (Å²) in [5, 5.41) is 0.806. The lowest BCUT2D eigenvalue weighted by molar-refractivity contribution is 1.16. The summed E-state index contributed by atoms with van der Waals surface area (Å²) in [6.45, 7) is 3.91. The minimum atomic E-state index is 0.618. The van der Waals surface area contributed by atoms with Gasteiger partial charge in [0.2, 0.25) is 0 Å². The van der Waals surface area contributed by atoms with Crippen molar-refractivity contribution in [3.05, 3.63) is 47.0 Å². The minimum Gasteiger partial charge on any atom is -0.0992 e. The van der Waals surface area contributed by atoms with Gasteiger partial charge in [0.15, 0.2) is 0 Å². The molecule has 0 spiro atoms. The zero-order valence-corrected chi connectivity index (χ0v) is 6.93. The Morgan fingerprint density at radius 3 is 2.27 bits per heavy atom. The molecule has 0 saturated heterocycles. The molecule has 11 heavy (non-hydrogen) atoms. The molecule has 0 N–H and O–H groups in total.